The Labute approximate surface area is 106 Å². The summed E-state index contributed by atoms with van der Waals surface area (Å²) < 4.78 is 0. The van der Waals surface area contributed by atoms with Gasteiger partial charge in [0, 0.05) is 30.4 Å². The number of hydrogen-bond donors (Lipinski definition) is 3. The lowest BCUT2D eigenvalue weighted by Gasteiger charge is -2.29. The van der Waals surface area contributed by atoms with Gasteiger partial charge in [-0.1, -0.05) is 13.8 Å². The third-order valence-electron chi connectivity index (χ3n) is 3.53. The van der Waals surface area contributed by atoms with Crippen molar-refractivity contribution in [2.45, 2.75) is 26.7 Å². The molecular weight excluding hydrogens is 232 g/mol. The summed E-state index contributed by atoms with van der Waals surface area (Å²) in [6.45, 7) is 4.33. The lowest BCUT2D eigenvalue weighted by Crippen LogP contribution is -2.40. The van der Waals surface area contributed by atoms with Gasteiger partial charge in [-0.25, -0.2) is 0 Å². The molecule has 3 N–H and O–H groups in total. The summed E-state index contributed by atoms with van der Waals surface area (Å²) in [5.41, 5.74) is -0.526. The van der Waals surface area contributed by atoms with Crippen LogP contribution in [0.15, 0.2) is 23.3 Å². The Morgan fingerprint density at radius 3 is 2.61 bits per heavy atom. The molecule has 1 aromatic heterocycles. The number of hydrogen-bond acceptors (Lipinski definition) is 3. The van der Waals surface area contributed by atoms with Crippen LogP contribution in [0.2, 0.25) is 0 Å². The second kappa shape index (κ2) is 6.35. The molecule has 18 heavy (non-hydrogen) atoms. The van der Waals surface area contributed by atoms with Gasteiger partial charge in [0.05, 0.1) is 6.61 Å². The summed E-state index contributed by atoms with van der Waals surface area (Å²) in [4.78, 5) is 26.0. The van der Waals surface area contributed by atoms with Gasteiger partial charge in [-0.15, -0.1) is 0 Å². The number of aliphatic hydroxyl groups is 1. The normalized spacial score (nSPS) is 11.3. The molecule has 0 aliphatic heterocycles. The highest BCUT2D eigenvalue weighted by Gasteiger charge is 2.26. The minimum absolute atomic E-state index is 0.0193. The maximum absolute atomic E-state index is 11.8. The van der Waals surface area contributed by atoms with Crippen molar-refractivity contribution < 1.29 is 9.90 Å². The molecule has 1 aromatic rings. The number of carbonyl (C=O) groups excluding carboxylic acids is 1. The molecule has 5 nitrogen and oxygen atoms in total. The van der Waals surface area contributed by atoms with Gasteiger partial charge in [0.2, 0.25) is 0 Å². The molecule has 1 heterocycles. The maximum atomic E-state index is 11.8. The molecule has 1 amide bonds. The van der Waals surface area contributed by atoms with Crippen LogP contribution in [-0.2, 0) is 0 Å². The van der Waals surface area contributed by atoms with Crippen LogP contribution in [0.5, 0.6) is 0 Å². The van der Waals surface area contributed by atoms with Gasteiger partial charge in [-0.05, 0) is 12.8 Å². The van der Waals surface area contributed by atoms with E-state index in [0.29, 0.717) is 6.54 Å². The van der Waals surface area contributed by atoms with Gasteiger partial charge in [0.15, 0.2) is 5.43 Å². The van der Waals surface area contributed by atoms with Crippen LogP contribution in [-0.4, -0.2) is 29.1 Å². The van der Waals surface area contributed by atoms with E-state index in [1.54, 1.807) is 0 Å². The van der Waals surface area contributed by atoms with Gasteiger partial charge in [-0.3, -0.25) is 9.59 Å². The Bertz CT molecular complexity index is 441. The summed E-state index contributed by atoms with van der Waals surface area (Å²) in [7, 11) is 0. The summed E-state index contributed by atoms with van der Waals surface area (Å²) in [6, 6.07) is 1.31. The Morgan fingerprint density at radius 1 is 1.44 bits per heavy atom. The quantitative estimate of drug-likeness (QED) is 0.703. The molecule has 100 valence electrons. The van der Waals surface area contributed by atoms with E-state index in [1.807, 2.05) is 13.8 Å². The number of aliphatic hydroxyl groups excluding tert-OH is 1. The molecule has 0 spiro atoms. The van der Waals surface area contributed by atoms with E-state index in [-0.39, 0.29) is 23.0 Å². The summed E-state index contributed by atoms with van der Waals surface area (Å²) in [6.07, 6.45) is 4.41. The van der Waals surface area contributed by atoms with Crippen LogP contribution < -0.4 is 10.7 Å². The fourth-order valence-corrected chi connectivity index (χ4v) is 1.74. The van der Waals surface area contributed by atoms with Gasteiger partial charge in [0.1, 0.15) is 5.56 Å². The van der Waals surface area contributed by atoms with Crippen LogP contribution in [0.3, 0.4) is 0 Å². The minimum Gasteiger partial charge on any atom is -0.396 e. The van der Waals surface area contributed by atoms with E-state index in [1.165, 1.54) is 18.5 Å². The highest BCUT2D eigenvalue weighted by molar-refractivity contribution is 5.93. The summed E-state index contributed by atoms with van der Waals surface area (Å²) in [5, 5.41) is 12.1. The Kier molecular flexibility index (Phi) is 5.09. The third kappa shape index (κ3) is 3.20. The molecule has 0 bridgehead atoms. The number of rotatable bonds is 6. The lowest BCUT2D eigenvalue weighted by atomic mass is 9.83. The molecular formula is C13H20N2O3. The minimum atomic E-state index is -0.406. The van der Waals surface area contributed by atoms with Crippen molar-refractivity contribution in [3.63, 3.8) is 0 Å². The summed E-state index contributed by atoms with van der Waals surface area (Å²) in [5.74, 6) is -0.406. The second-order valence-corrected chi connectivity index (χ2v) is 4.47. The first-order chi connectivity index (χ1) is 8.58. The van der Waals surface area contributed by atoms with Crippen LogP contribution in [0.4, 0.5) is 0 Å². The predicted molar refractivity (Wildman–Crippen MR) is 69.5 cm³/mol. The van der Waals surface area contributed by atoms with Crippen molar-refractivity contribution in [2.75, 3.05) is 13.2 Å². The fourth-order valence-electron chi connectivity index (χ4n) is 1.74. The van der Waals surface area contributed by atoms with Crippen molar-refractivity contribution in [3.8, 4) is 0 Å². The monoisotopic (exact) mass is 252 g/mol. The number of nitrogens with one attached hydrogen (secondary N) is 2. The number of pyridine rings is 1. The lowest BCUT2D eigenvalue weighted by molar-refractivity contribution is 0.0850. The average Bonchev–Trinajstić information content (AvgIpc) is 2.41. The maximum Gasteiger partial charge on any atom is 0.256 e. The number of aromatic nitrogens is 1. The van der Waals surface area contributed by atoms with Crippen LogP contribution >= 0.6 is 0 Å². The predicted octanol–water partition coefficient (Wildman–Crippen LogP) is 0.903. The van der Waals surface area contributed by atoms with Gasteiger partial charge in [-0.2, -0.15) is 0 Å². The van der Waals surface area contributed by atoms with E-state index >= 15 is 0 Å². The Balaban J connectivity index is 2.72. The van der Waals surface area contributed by atoms with E-state index < -0.39 is 5.91 Å². The van der Waals surface area contributed by atoms with Crippen LogP contribution in [0.25, 0.3) is 0 Å². The first-order valence-electron chi connectivity index (χ1n) is 6.14. The van der Waals surface area contributed by atoms with Crippen molar-refractivity contribution in [1.29, 1.82) is 0 Å². The van der Waals surface area contributed by atoms with E-state index in [9.17, 15) is 14.7 Å². The standard InChI is InChI=1S/C13H20N2O3/c1-3-13(4-2,9-16)8-15-12(18)10-7-14-6-5-11(10)17/h5-7,16H,3-4,8-9H2,1-2H3,(H,14,17)(H,15,18). The number of aromatic amines is 1. The molecule has 0 aromatic carbocycles. The van der Waals surface area contributed by atoms with Crippen molar-refractivity contribution in [2.24, 2.45) is 5.41 Å². The molecule has 0 unspecified atom stereocenters. The molecule has 0 aliphatic carbocycles. The zero-order chi connectivity index (χ0) is 13.6. The van der Waals surface area contributed by atoms with E-state index in [0.717, 1.165) is 12.8 Å². The zero-order valence-corrected chi connectivity index (χ0v) is 10.8. The number of H-pyrrole nitrogens is 1. The van der Waals surface area contributed by atoms with Crippen LogP contribution in [0, 0.1) is 5.41 Å². The smallest absolute Gasteiger partial charge is 0.256 e. The van der Waals surface area contributed by atoms with E-state index in [4.69, 9.17) is 0 Å². The Hall–Kier alpha value is -1.62. The summed E-state index contributed by atoms with van der Waals surface area (Å²) >= 11 is 0. The number of amides is 1. The molecule has 0 atom stereocenters. The highest BCUT2D eigenvalue weighted by atomic mass is 16.3. The highest BCUT2D eigenvalue weighted by Crippen LogP contribution is 2.24. The van der Waals surface area contributed by atoms with Crippen molar-refractivity contribution >= 4 is 5.91 Å². The second-order valence-electron chi connectivity index (χ2n) is 4.47. The first-order valence-corrected chi connectivity index (χ1v) is 6.14. The fraction of sp³-hybridized carbons (Fsp3) is 0.538. The van der Waals surface area contributed by atoms with Gasteiger partial charge in [0.25, 0.3) is 5.91 Å². The van der Waals surface area contributed by atoms with Crippen molar-refractivity contribution in [3.05, 3.63) is 34.2 Å². The number of carbonyl (C=O) groups is 1. The Morgan fingerprint density at radius 2 is 2.11 bits per heavy atom. The molecule has 0 radical (unpaired) electrons. The molecule has 0 saturated carbocycles. The molecule has 0 aliphatic rings. The zero-order valence-electron chi connectivity index (χ0n) is 10.8. The SMILES string of the molecule is CCC(CC)(CO)CNC(=O)c1c[nH]ccc1=O. The first kappa shape index (κ1) is 14.4. The third-order valence-corrected chi connectivity index (χ3v) is 3.53. The van der Waals surface area contributed by atoms with Crippen molar-refractivity contribution in [1.82, 2.24) is 10.3 Å². The largest absolute Gasteiger partial charge is 0.396 e. The van der Waals surface area contributed by atoms with Gasteiger partial charge >= 0.3 is 0 Å². The average molecular weight is 252 g/mol. The molecule has 5 heteroatoms. The molecule has 0 saturated heterocycles. The topological polar surface area (TPSA) is 82.2 Å². The molecule has 0 fully saturated rings. The van der Waals surface area contributed by atoms with Crippen LogP contribution in [0.1, 0.15) is 37.0 Å². The van der Waals surface area contributed by atoms with E-state index in [2.05, 4.69) is 10.3 Å². The van der Waals surface area contributed by atoms with Gasteiger partial charge < -0.3 is 15.4 Å². The molecule has 1 rings (SSSR count).